The third-order valence-corrected chi connectivity index (χ3v) is 2.03. The highest BCUT2D eigenvalue weighted by molar-refractivity contribution is 5.60. The molecule has 1 heterocycles. The summed E-state index contributed by atoms with van der Waals surface area (Å²) in [4.78, 5) is 7.10. The minimum Gasteiger partial charge on any atom is -0.345 e. The summed E-state index contributed by atoms with van der Waals surface area (Å²) in [5, 5.41) is 0. The van der Waals surface area contributed by atoms with E-state index in [4.69, 9.17) is 0 Å². The first-order valence-electron chi connectivity index (χ1n) is 4.33. The van der Waals surface area contributed by atoms with Crippen molar-refractivity contribution in [1.29, 1.82) is 0 Å². The average molecular weight is 172 g/mol. The Morgan fingerprint density at radius 3 is 2.31 bits per heavy atom. The van der Waals surface area contributed by atoms with Gasteiger partial charge in [-0.25, -0.2) is 4.98 Å². The van der Waals surface area contributed by atoms with Crippen LogP contribution in [0.1, 0.15) is 11.1 Å². The fraction of sp³-hybridized carbons (Fsp3) is 0.182. The number of aromatic nitrogens is 2. The second-order valence-electron chi connectivity index (χ2n) is 3.34. The highest BCUT2D eigenvalue weighted by Gasteiger charge is 1.99. The standard InChI is InChI=1S/C11H12N2/c1-8-3-9(2)5-10(4-8)11-6-12-7-13-11/h3-7H,1-2H3,(H,12,13). The number of nitrogens with zero attached hydrogens (tertiary/aromatic N) is 1. The summed E-state index contributed by atoms with van der Waals surface area (Å²) < 4.78 is 0. The number of hydrogen-bond donors (Lipinski definition) is 1. The highest BCUT2D eigenvalue weighted by Crippen LogP contribution is 2.19. The van der Waals surface area contributed by atoms with Gasteiger partial charge in [-0.05, 0) is 26.0 Å². The molecule has 0 radical (unpaired) electrons. The number of aromatic amines is 1. The van der Waals surface area contributed by atoms with E-state index in [2.05, 4.69) is 42.0 Å². The Hall–Kier alpha value is -1.57. The number of aryl methyl sites for hydroxylation is 2. The lowest BCUT2D eigenvalue weighted by atomic mass is 10.1. The molecule has 0 aliphatic heterocycles. The van der Waals surface area contributed by atoms with Crippen LogP contribution in [0.25, 0.3) is 11.3 Å². The molecule has 2 aromatic rings. The van der Waals surface area contributed by atoms with Gasteiger partial charge in [0, 0.05) is 5.56 Å². The molecule has 0 saturated heterocycles. The first kappa shape index (κ1) is 8.05. The Bertz CT molecular complexity index is 382. The van der Waals surface area contributed by atoms with Crippen molar-refractivity contribution < 1.29 is 0 Å². The van der Waals surface area contributed by atoms with Gasteiger partial charge in [-0.2, -0.15) is 0 Å². The topological polar surface area (TPSA) is 28.7 Å². The predicted molar refractivity (Wildman–Crippen MR) is 53.5 cm³/mol. The maximum atomic E-state index is 4.00. The molecule has 13 heavy (non-hydrogen) atoms. The summed E-state index contributed by atoms with van der Waals surface area (Å²) in [5.74, 6) is 0. The van der Waals surface area contributed by atoms with E-state index in [1.165, 1.54) is 16.7 Å². The molecule has 1 N–H and O–H groups in total. The molecule has 0 spiro atoms. The van der Waals surface area contributed by atoms with E-state index in [1.54, 1.807) is 6.33 Å². The second kappa shape index (κ2) is 3.05. The summed E-state index contributed by atoms with van der Waals surface area (Å²) in [7, 11) is 0. The van der Waals surface area contributed by atoms with Gasteiger partial charge < -0.3 is 4.98 Å². The lowest BCUT2D eigenvalue weighted by molar-refractivity contribution is 1.31. The molecule has 0 fully saturated rings. The number of H-pyrrole nitrogens is 1. The van der Waals surface area contributed by atoms with E-state index in [9.17, 15) is 0 Å². The molecule has 0 amide bonds. The largest absolute Gasteiger partial charge is 0.345 e. The van der Waals surface area contributed by atoms with Gasteiger partial charge in [-0.15, -0.1) is 0 Å². The van der Waals surface area contributed by atoms with Crippen molar-refractivity contribution in [3.8, 4) is 11.3 Å². The Balaban J connectivity index is 2.53. The Morgan fingerprint density at radius 2 is 1.77 bits per heavy atom. The normalized spacial score (nSPS) is 10.3. The molecule has 66 valence electrons. The summed E-state index contributed by atoms with van der Waals surface area (Å²) >= 11 is 0. The molecule has 0 unspecified atom stereocenters. The summed E-state index contributed by atoms with van der Waals surface area (Å²) in [6, 6.07) is 6.47. The first-order chi connectivity index (χ1) is 6.25. The average Bonchev–Trinajstić information content (AvgIpc) is 2.53. The lowest BCUT2D eigenvalue weighted by Crippen LogP contribution is -1.82. The summed E-state index contributed by atoms with van der Waals surface area (Å²) in [5.41, 5.74) is 4.84. The number of benzene rings is 1. The summed E-state index contributed by atoms with van der Waals surface area (Å²) in [6.45, 7) is 4.21. The number of imidazole rings is 1. The Morgan fingerprint density at radius 1 is 1.08 bits per heavy atom. The molecule has 2 heteroatoms. The molecule has 0 aliphatic carbocycles. The molecule has 1 aromatic carbocycles. The van der Waals surface area contributed by atoms with Crippen molar-refractivity contribution in [2.24, 2.45) is 0 Å². The van der Waals surface area contributed by atoms with Gasteiger partial charge >= 0.3 is 0 Å². The van der Waals surface area contributed by atoms with Crippen LogP contribution >= 0.6 is 0 Å². The van der Waals surface area contributed by atoms with Crippen LogP contribution in [0.4, 0.5) is 0 Å². The van der Waals surface area contributed by atoms with Crippen molar-refractivity contribution >= 4 is 0 Å². The van der Waals surface area contributed by atoms with Crippen LogP contribution in [0.3, 0.4) is 0 Å². The Kier molecular flexibility index (Phi) is 1.89. The predicted octanol–water partition coefficient (Wildman–Crippen LogP) is 2.69. The van der Waals surface area contributed by atoms with E-state index < -0.39 is 0 Å². The van der Waals surface area contributed by atoms with Gasteiger partial charge in [0.05, 0.1) is 18.2 Å². The van der Waals surface area contributed by atoms with E-state index in [0.717, 1.165) is 5.69 Å². The van der Waals surface area contributed by atoms with Crippen molar-refractivity contribution in [2.45, 2.75) is 13.8 Å². The minimum atomic E-state index is 1.08. The zero-order valence-electron chi connectivity index (χ0n) is 7.83. The number of nitrogens with one attached hydrogen (secondary N) is 1. The van der Waals surface area contributed by atoms with Crippen LogP contribution in [0.15, 0.2) is 30.7 Å². The van der Waals surface area contributed by atoms with Crippen LogP contribution in [-0.2, 0) is 0 Å². The molecule has 2 nitrogen and oxygen atoms in total. The molecule has 0 aliphatic rings. The van der Waals surface area contributed by atoms with Gasteiger partial charge in [-0.1, -0.05) is 17.2 Å². The second-order valence-corrected chi connectivity index (χ2v) is 3.34. The van der Waals surface area contributed by atoms with Gasteiger partial charge in [-0.3, -0.25) is 0 Å². The smallest absolute Gasteiger partial charge is 0.0924 e. The maximum Gasteiger partial charge on any atom is 0.0924 e. The number of rotatable bonds is 1. The molecule has 2 rings (SSSR count). The highest BCUT2D eigenvalue weighted by atomic mass is 14.9. The molecule has 0 bridgehead atoms. The van der Waals surface area contributed by atoms with Crippen molar-refractivity contribution in [3.63, 3.8) is 0 Å². The molecule has 0 saturated carbocycles. The SMILES string of the molecule is Cc1cc(C)cc(-c2cnc[nH]2)c1. The zero-order chi connectivity index (χ0) is 9.26. The zero-order valence-corrected chi connectivity index (χ0v) is 7.83. The fourth-order valence-corrected chi connectivity index (χ4v) is 1.54. The molecule has 0 atom stereocenters. The van der Waals surface area contributed by atoms with E-state index in [1.807, 2.05) is 6.20 Å². The van der Waals surface area contributed by atoms with Crippen LogP contribution in [-0.4, -0.2) is 9.97 Å². The van der Waals surface area contributed by atoms with Crippen LogP contribution < -0.4 is 0 Å². The molecule has 1 aromatic heterocycles. The maximum absolute atomic E-state index is 4.00. The first-order valence-corrected chi connectivity index (χ1v) is 4.33. The molecular formula is C11H12N2. The molecular weight excluding hydrogens is 160 g/mol. The van der Waals surface area contributed by atoms with Crippen molar-refractivity contribution in [1.82, 2.24) is 9.97 Å². The quantitative estimate of drug-likeness (QED) is 0.704. The van der Waals surface area contributed by atoms with Crippen LogP contribution in [0.2, 0.25) is 0 Å². The van der Waals surface area contributed by atoms with E-state index >= 15 is 0 Å². The van der Waals surface area contributed by atoms with Gasteiger partial charge in [0.15, 0.2) is 0 Å². The summed E-state index contributed by atoms with van der Waals surface area (Å²) in [6.07, 6.45) is 3.54. The van der Waals surface area contributed by atoms with Gasteiger partial charge in [0.25, 0.3) is 0 Å². The van der Waals surface area contributed by atoms with Gasteiger partial charge in [0.2, 0.25) is 0 Å². The lowest BCUT2D eigenvalue weighted by Gasteiger charge is -2.01. The van der Waals surface area contributed by atoms with Crippen molar-refractivity contribution in [3.05, 3.63) is 41.9 Å². The monoisotopic (exact) mass is 172 g/mol. The fourth-order valence-electron chi connectivity index (χ4n) is 1.54. The third-order valence-electron chi connectivity index (χ3n) is 2.03. The van der Waals surface area contributed by atoms with Crippen molar-refractivity contribution in [2.75, 3.05) is 0 Å². The van der Waals surface area contributed by atoms with Gasteiger partial charge in [0.1, 0.15) is 0 Å². The Labute approximate surface area is 77.6 Å². The van der Waals surface area contributed by atoms with E-state index in [-0.39, 0.29) is 0 Å². The van der Waals surface area contributed by atoms with E-state index in [0.29, 0.717) is 0 Å². The third kappa shape index (κ3) is 1.61. The van der Waals surface area contributed by atoms with Crippen LogP contribution in [0, 0.1) is 13.8 Å². The number of hydrogen-bond acceptors (Lipinski definition) is 1. The minimum absolute atomic E-state index is 1.08. The van der Waals surface area contributed by atoms with Crippen LogP contribution in [0.5, 0.6) is 0 Å².